The smallest absolute Gasteiger partial charge is 0.176 e. The molecule has 0 heterocycles. The second-order valence-corrected chi connectivity index (χ2v) is 5.14. The zero-order valence-corrected chi connectivity index (χ0v) is 11.3. The fourth-order valence-corrected chi connectivity index (χ4v) is 2.18. The highest BCUT2D eigenvalue weighted by Gasteiger charge is 2.31. The molecule has 0 aliphatic heterocycles. The molecular weight excluding hydrogens is 226 g/mol. The molecular formula is C15H21NO2. The topological polar surface area (TPSA) is 29.5 Å². The Morgan fingerprint density at radius 1 is 1.39 bits per heavy atom. The molecule has 1 aromatic carbocycles. The second-order valence-electron chi connectivity index (χ2n) is 5.14. The Balaban J connectivity index is 1.93. The largest absolute Gasteiger partial charge is 0.497 e. The minimum Gasteiger partial charge on any atom is -0.497 e. The number of ether oxygens (including phenoxy) is 1. The number of hydrogen-bond acceptors (Lipinski definition) is 3. The van der Waals surface area contributed by atoms with Crippen LogP contribution in [0.25, 0.3) is 0 Å². The quantitative estimate of drug-likeness (QED) is 0.724. The van der Waals surface area contributed by atoms with Gasteiger partial charge in [-0.15, -0.1) is 0 Å². The third-order valence-electron chi connectivity index (χ3n) is 3.80. The van der Waals surface area contributed by atoms with E-state index in [0.29, 0.717) is 12.6 Å². The van der Waals surface area contributed by atoms with E-state index in [0.717, 1.165) is 17.2 Å². The number of hydrogen-bond donors (Lipinski definition) is 0. The number of nitrogens with zero attached hydrogens (tertiary/aromatic N) is 1. The van der Waals surface area contributed by atoms with Gasteiger partial charge in [0.1, 0.15) is 5.75 Å². The zero-order valence-electron chi connectivity index (χ0n) is 11.3. The third kappa shape index (κ3) is 3.10. The average Bonchev–Trinajstić information content (AvgIpc) is 3.22. The molecule has 0 aromatic heterocycles. The van der Waals surface area contributed by atoms with E-state index in [-0.39, 0.29) is 5.78 Å². The maximum Gasteiger partial charge on any atom is 0.176 e. The van der Waals surface area contributed by atoms with Crippen LogP contribution in [0.2, 0.25) is 0 Å². The van der Waals surface area contributed by atoms with E-state index in [1.165, 1.54) is 12.8 Å². The minimum atomic E-state index is 0.174. The number of rotatable bonds is 6. The maximum absolute atomic E-state index is 12.1. The van der Waals surface area contributed by atoms with Crippen LogP contribution in [0.5, 0.6) is 5.75 Å². The molecule has 0 bridgehead atoms. The number of likely N-dealkylation sites (N-methyl/N-ethyl adjacent to an activating group) is 1. The molecule has 1 aromatic rings. The number of benzene rings is 1. The first-order valence-electron chi connectivity index (χ1n) is 6.49. The van der Waals surface area contributed by atoms with Gasteiger partial charge in [-0.2, -0.15) is 0 Å². The summed E-state index contributed by atoms with van der Waals surface area (Å²) >= 11 is 0. The van der Waals surface area contributed by atoms with Crippen molar-refractivity contribution in [1.82, 2.24) is 4.90 Å². The predicted octanol–water partition coefficient (Wildman–Crippen LogP) is 2.61. The Hall–Kier alpha value is -1.35. The highest BCUT2D eigenvalue weighted by atomic mass is 16.5. The Kier molecular flexibility index (Phi) is 4.02. The van der Waals surface area contributed by atoms with Crippen molar-refractivity contribution in [2.45, 2.75) is 25.8 Å². The van der Waals surface area contributed by atoms with Crippen LogP contribution in [-0.4, -0.2) is 37.4 Å². The summed E-state index contributed by atoms with van der Waals surface area (Å²) < 4.78 is 5.09. The summed E-state index contributed by atoms with van der Waals surface area (Å²) in [5, 5.41) is 0. The number of carbonyl (C=O) groups excluding carboxylic acids is 1. The minimum absolute atomic E-state index is 0.174. The first kappa shape index (κ1) is 13.1. The predicted molar refractivity (Wildman–Crippen MR) is 72.1 cm³/mol. The van der Waals surface area contributed by atoms with Gasteiger partial charge >= 0.3 is 0 Å². The summed E-state index contributed by atoms with van der Waals surface area (Å²) in [5.41, 5.74) is 0.755. The summed E-state index contributed by atoms with van der Waals surface area (Å²) in [6.45, 7) is 2.70. The van der Waals surface area contributed by atoms with Crippen molar-refractivity contribution >= 4 is 5.78 Å². The Morgan fingerprint density at radius 2 is 2.00 bits per heavy atom. The monoisotopic (exact) mass is 247 g/mol. The average molecular weight is 247 g/mol. The van der Waals surface area contributed by atoms with Crippen LogP contribution < -0.4 is 4.74 Å². The van der Waals surface area contributed by atoms with Gasteiger partial charge in [0.25, 0.3) is 0 Å². The van der Waals surface area contributed by atoms with E-state index in [1.54, 1.807) is 7.11 Å². The molecule has 1 saturated carbocycles. The van der Waals surface area contributed by atoms with Gasteiger partial charge in [0.05, 0.1) is 13.7 Å². The van der Waals surface area contributed by atoms with Crippen molar-refractivity contribution in [3.8, 4) is 5.75 Å². The first-order valence-corrected chi connectivity index (χ1v) is 6.49. The fourth-order valence-electron chi connectivity index (χ4n) is 2.18. The van der Waals surface area contributed by atoms with Gasteiger partial charge in [-0.3, -0.25) is 9.69 Å². The van der Waals surface area contributed by atoms with Crippen molar-refractivity contribution in [1.29, 1.82) is 0 Å². The number of ketones is 1. The molecule has 1 atom stereocenters. The van der Waals surface area contributed by atoms with Crippen molar-refractivity contribution in [3.63, 3.8) is 0 Å². The van der Waals surface area contributed by atoms with Gasteiger partial charge in [0, 0.05) is 11.6 Å². The van der Waals surface area contributed by atoms with Gasteiger partial charge in [-0.1, -0.05) is 0 Å². The van der Waals surface area contributed by atoms with E-state index in [4.69, 9.17) is 4.74 Å². The van der Waals surface area contributed by atoms with Gasteiger partial charge in [0.15, 0.2) is 5.78 Å². The highest BCUT2D eigenvalue weighted by Crippen LogP contribution is 2.34. The third-order valence-corrected chi connectivity index (χ3v) is 3.80. The molecule has 2 rings (SSSR count). The van der Waals surface area contributed by atoms with Crippen molar-refractivity contribution in [2.24, 2.45) is 5.92 Å². The number of carbonyl (C=O) groups is 1. The molecule has 3 nitrogen and oxygen atoms in total. The lowest BCUT2D eigenvalue weighted by Crippen LogP contribution is -2.35. The Bertz CT molecular complexity index is 409. The van der Waals surface area contributed by atoms with Crippen LogP contribution >= 0.6 is 0 Å². The van der Waals surface area contributed by atoms with Gasteiger partial charge < -0.3 is 4.74 Å². The standard InChI is InChI=1S/C15H21NO2/c1-11(12-4-5-12)16(2)10-15(17)13-6-8-14(18-3)9-7-13/h6-9,11-12H,4-5,10H2,1-3H3. The molecule has 3 heteroatoms. The molecule has 0 amide bonds. The second kappa shape index (κ2) is 5.53. The molecule has 0 N–H and O–H groups in total. The normalized spacial score (nSPS) is 16.7. The summed E-state index contributed by atoms with van der Waals surface area (Å²) in [6.07, 6.45) is 2.62. The Labute approximate surface area is 109 Å². The number of methoxy groups -OCH3 is 1. The van der Waals surface area contributed by atoms with Crippen LogP contribution in [0.15, 0.2) is 24.3 Å². The molecule has 18 heavy (non-hydrogen) atoms. The lowest BCUT2D eigenvalue weighted by molar-refractivity contribution is 0.0917. The molecule has 98 valence electrons. The van der Waals surface area contributed by atoms with E-state index in [9.17, 15) is 4.79 Å². The summed E-state index contributed by atoms with van der Waals surface area (Å²) in [7, 11) is 3.66. The van der Waals surface area contributed by atoms with Crippen LogP contribution in [0, 0.1) is 5.92 Å². The molecule has 1 aliphatic carbocycles. The lowest BCUT2D eigenvalue weighted by Gasteiger charge is -2.23. The fraction of sp³-hybridized carbons (Fsp3) is 0.533. The van der Waals surface area contributed by atoms with E-state index >= 15 is 0 Å². The van der Waals surface area contributed by atoms with E-state index < -0.39 is 0 Å². The van der Waals surface area contributed by atoms with Crippen molar-refractivity contribution < 1.29 is 9.53 Å². The van der Waals surface area contributed by atoms with Crippen LogP contribution in [0.1, 0.15) is 30.1 Å². The highest BCUT2D eigenvalue weighted by molar-refractivity contribution is 5.97. The first-order chi connectivity index (χ1) is 8.61. The number of Topliss-reactive ketones (excluding diaryl/α,β-unsaturated/α-hetero) is 1. The molecule has 1 aliphatic rings. The van der Waals surface area contributed by atoms with E-state index in [2.05, 4.69) is 11.8 Å². The zero-order chi connectivity index (χ0) is 13.1. The summed E-state index contributed by atoms with van der Waals surface area (Å²) in [6, 6.07) is 7.83. The van der Waals surface area contributed by atoms with Crippen molar-refractivity contribution in [3.05, 3.63) is 29.8 Å². The van der Waals surface area contributed by atoms with E-state index in [1.807, 2.05) is 31.3 Å². The van der Waals surface area contributed by atoms with Crippen molar-refractivity contribution in [2.75, 3.05) is 20.7 Å². The van der Waals surface area contributed by atoms with Gasteiger partial charge in [-0.25, -0.2) is 0 Å². The molecule has 0 spiro atoms. The van der Waals surface area contributed by atoms with Crippen LogP contribution in [0.4, 0.5) is 0 Å². The molecule has 1 fully saturated rings. The van der Waals surface area contributed by atoms with Crippen LogP contribution in [-0.2, 0) is 0 Å². The SMILES string of the molecule is COc1ccc(C(=O)CN(C)C(C)C2CC2)cc1. The summed E-state index contributed by atoms with van der Waals surface area (Å²) in [4.78, 5) is 14.3. The van der Waals surface area contributed by atoms with Gasteiger partial charge in [0.2, 0.25) is 0 Å². The maximum atomic E-state index is 12.1. The van der Waals surface area contributed by atoms with Gasteiger partial charge in [-0.05, 0) is 57.0 Å². The Morgan fingerprint density at radius 3 is 2.50 bits per heavy atom. The molecule has 0 radical (unpaired) electrons. The summed E-state index contributed by atoms with van der Waals surface area (Å²) in [5.74, 6) is 1.75. The molecule has 1 unspecified atom stereocenters. The molecule has 0 saturated heterocycles. The van der Waals surface area contributed by atoms with Crippen LogP contribution in [0.3, 0.4) is 0 Å². The lowest BCUT2D eigenvalue weighted by atomic mass is 10.1.